The molecule has 2 unspecified atom stereocenters. The fraction of sp³-hybridized carbons (Fsp3) is 1.00. The summed E-state index contributed by atoms with van der Waals surface area (Å²) in [6.45, 7) is 10.1. The van der Waals surface area contributed by atoms with E-state index in [1.165, 1.54) is 71.1 Å². The molecule has 0 amide bonds. The fourth-order valence-electron chi connectivity index (χ4n) is 3.78. The van der Waals surface area contributed by atoms with Gasteiger partial charge in [0.2, 0.25) is 0 Å². The van der Waals surface area contributed by atoms with Gasteiger partial charge in [0.15, 0.2) is 0 Å². The molecule has 2 heterocycles. The summed E-state index contributed by atoms with van der Waals surface area (Å²) in [6, 6.07) is 1.80. The van der Waals surface area contributed by atoms with Gasteiger partial charge >= 0.3 is 0 Å². The highest BCUT2D eigenvalue weighted by Crippen LogP contribution is 2.22. The van der Waals surface area contributed by atoms with Crippen LogP contribution in [-0.2, 0) is 0 Å². The van der Waals surface area contributed by atoms with Crippen LogP contribution in [0.1, 0.15) is 58.8 Å². The van der Waals surface area contributed by atoms with E-state index >= 15 is 0 Å². The van der Waals surface area contributed by atoms with E-state index in [-0.39, 0.29) is 0 Å². The summed E-state index contributed by atoms with van der Waals surface area (Å²) in [5, 5.41) is 0. The van der Waals surface area contributed by atoms with E-state index < -0.39 is 0 Å². The molecule has 0 radical (unpaired) electrons. The maximum Gasteiger partial charge on any atom is 0.00931 e. The molecule has 0 saturated carbocycles. The Bertz CT molecular complexity index is 195. The van der Waals surface area contributed by atoms with Gasteiger partial charge in [0, 0.05) is 12.1 Å². The molecule has 2 heteroatoms. The zero-order valence-electron chi connectivity index (χ0n) is 11.8. The number of likely N-dealkylation sites (tertiary alicyclic amines) is 2. The van der Waals surface area contributed by atoms with Gasteiger partial charge in [0.25, 0.3) is 0 Å². The maximum atomic E-state index is 2.73. The molecule has 0 bridgehead atoms. The van der Waals surface area contributed by atoms with E-state index in [1.54, 1.807) is 0 Å². The average molecular weight is 238 g/mol. The largest absolute Gasteiger partial charge is 0.300 e. The molecular weight excluding hydrogens is 208 g/mol. The molecule has 0 N–H and O–H groups in total. The Morgan fingerprint density at radius 2 is 1.29 bits per heavy atom. The number of nitrogens with zero attached hydrogens (tertiary/aromatic N) is 2. The zero-order chi connectivity index (χ0) is 12.1. The molecule has 100 valence electrons. The first-order valence-electron chi connectivity index (χ1n) is 7.83. The van der Waals surface area contributed by atoms with Crippen LogP contribution in [0.4, 0.5) is 0 Å². The van der Waals surface area contributed by atoms with Crippen LogP contribution in [0, 0.1) is 0 Å². The lowest BCUT2D eigenvalue weighted by Gasteiger charge is -2.27. The monoisotopic (exact) mass is 238 g/mol. The SMILES string of the molecule is CCC1CCCN1CCCN1CCCC1CC. The first kappa shape index (κ1) is 13.4. The summed E-state index contributed by atoms with van der Waals surface area (Å²) in [5.74, 6) is 0. The van der Waals surface area contributed by atoms with E-state index in [4.69, 9.17) is 0 Å². The van der Waals surface area contributed by atoms with E-state index in [2.05, 4.69) is 23.6 Å². The third-order valence-corrected chi connectivity index (χ3v) is 4.83. The number of rotatable bonds is 6. The maximum absolute atomic E-state index is 2.73. The molecule has 0 spiro atoms. The first-order valence-corrected chi connectivity index (χ1v) is 7.83. The minimum atomic E-state index is 0.899. The summed E-state index contributed by atoms with van der Waals surface area (Å²) in [7, 11) is 0. The Labute approximate surface area is 107 Å². The lowest BCUT2D eigenvalue weighted by Crippen LogP contribution is -2.34. The van der Waals surface area contributed by atoms with Gasteiger partial charge in [-0.2, -0.15) is 0 Å². The molecule has 2 saturated heterocycles. The van der Waals surface area contributed by atoms with Crippen molar-refractivity contribution in [2.24, 2.45) is 0 Å². The van der Waals surface area contributed by atoms with Gasteiger partial charge in [-0.1, -0.05) is 13.8 Å². The van der Waals surface area contributed by atoms with Crippen LogP contribution in [0.25, 0.3) is 0 Å². The normalized spacial score (nSPS) is 31.4. The second-order valence-corrected chi connectivity index (χ2v) is 5.83. The van der Waals surface area contributed by atoms with Crippen molar-refractivity contribution in [1.29, 1.82) is 0 Å². The van der Waals surface area contributed by atoms with Crippen molar-refractivity contribution in [2.75, 3.05) is 26.2 Å². The Kier molecular flexibility index (Phi) is 5.30. The molecule has 2 rings (SSSR count). The zero-order valence-corrected chi connectivity index (χ0v) is 11.8. The van der Waals surface area contributed by atoms with E-state index in [1.807, 2.05) is 0 Å². The molecule has 17 heavy (non-hydrogen) atoms. The summed E-state index contributed by atoms with van der Waals surface area (Å²) in [6.07, 6.45) is 9.82. The van der Waals surface area contributed by atoms with Crippen molar-refractivity contribution in [1.82, 2.24) is 9.80 Å². The van der Waals surface area contributed by atoms with Crippen LogP contribution in [-0.4, -0.2) is 48.1 Å². The third-order valence-electron chi connectivity index (χ3n) is 4.83. The van der Waals surface area contributed by atoms with E-state index in [9.17, 15) is 0 Å². The van der Waals surface area contributed by atoms with Crippen molar-refractivity contribution in [3.8, 4) is 0 Å². The highest BCUT2D eigenvalue weighted by atomic mass is 15.2. The standard InChI is InChI=1S/C15H30N2/c1-3-14-8-5-10-16(14)12-7-13-17-11-6-9-15(17)4-2/h14-15H,3-13H2,1-2H3. The molecule has 2 aliphatic heterocycles. The van der Waals surface area contributed by atoms with Crippen LogP contribution in [0.15, 0.2) is 0 Å². The van der Waals surface area contributed by atoms with Crippen LogP contribution in [0.5, 0.6) is 0 Å². The number of hydrogen-bond acceptors (Lipinski definition) is 2. The fourth-order valence-corrected chi connectivity index (χ4v) is 3.78. The van der Waals surface area contributed by atoms with Crippen molar-refractivity contribution in [3.63, 3.8) is 0 Å². The molecule has 0 aromatic rings. The van der Waals surface area contributed by atoms with Crippen LogP contribution >= 0.6 is 0 Å². The Morgan fingerprint density at radius 3 is 1.71 bits per heavy atom. The first-order chi connectivity index (χ1) is 8.35. The minimum Gasteiger partial charge on any atom is -0.300 e. The Morgan fingerprint density at radius 1 is 0.824 bits per heavy atom. The van der Waals surface area contributed by atoms with Gasteiger partial charge in [0.05, 0.1) is 0 Å². The molecular formula is C15H30N2. The van der Waals surface area contributed by atoms with Crippen LogP contribution in [0.2, 0.25) is 0 Å². The Balaban J connectivity index is 1.65. The molecule has 2 aliphatic rings. The van der Waals surface area contributed by atoms with Crippen molar-refractivity contribution in [3.05, 3.63) is 0 Å². The molecule has 2 nitrogen and oxygen atoms in total. The molecule has 0 aromatic heterocycles. The smallest absolute Gasteiger partial charge is 0.00931 e. The second-order valence-electron chi connectivity index (χ2n) is 5.83. The molecule has 2 fully saturated rings. The second kappa shape index (κ2) is 6.75. The average Bonchev–Trinajstić information content (AvgIpc) is 2.97. The van der Waals surface area contributed by atoms with Gasteiger partial charge in [-0.25, -0.2) is 0 Å². The highest BCUT2D eigenvalue weighted by molar-refractivity contribution is 4.80. The summed E-state index contributed by atoms with van der Waals surface area (Å²) >= 11 is 0. The van der Waals surface area contributed by atoms with Gasteiger partial charge < -0.3 is 9.80 Å². The highest BCUT2D eigenvalue weighted by Gasteiger charge is 2.24. The van der Waals surface area contributed by atoms with Crippen LogP contribution < -0.4 is 0 Å². The quantitative estimate of drug-likeness (QED) is 0.701. The molecule has 0 aliphatic carbocycles. The summed E-state index contributed by atoms with van der Waals surface area (Å²) in [5.41, 5.74) is 0. The minimum absolute atomic E-state index is 0.899. The van der Waals surface area contributed by atoms with Crippen molar-refractivity contribution >= 4 is 0 Å². The predicted octanol–water partition coefficient (Wildman–Crippen LogP) is 3.13. The van der Waals surface area contributed by atoms with Gasteiger partial charge in [0.1, 0.15) is 0 Å². The molecule has 2 atom stereocenters. The van der Waals surface area contributed by atoms with Gasteiger partial charge in [-0.05, 0) is 71.1 Å². The lowest BCUT2D eigenvalue weighted by molar-refractivity contribution is 0.203. The topological polar surface area (TPSA) is 6.48 Å². The van der Waals surface area contributed by atoms with Crippen molar-refractivity contribution < 1.29 is 0 Å². The molecule has 0 aromatic carbocycles. The van der Waals surface area contributed by atoms with Gasteiger partial charge in [-0.3, -0.25) is 0 Å². The van der Waals surface area contributed by atoms with E-state index in [0.717, 1.165) is 12.1 Å². The Hall–Kier alpha value is -0.0800. The number of hydrogen-bond donors (Lipinski definition) is 0. The van der Waals surface area contributed by atoms with Crippen LogP contribution in [0.3, 0.4) is 0 Å². The summed E-state index contributed by atoms with van der Waals surface area (Å²) < 4.78 is 0. The van der Waals surface area contributed by atoms with Gasteiger partial charge in [-0.15, -0.1) is 0 Å². The predicted molar refractivity (Wildman–Crippen MR) is 74.4 cm³/mol. The van der Waals surface area contributed by atoms with Crippen molar-refractivity contribution in [2.45, 2.75) is 70.9 Å². The lowest BCUT2D eigenvalue weighted by atomic mass is 10.1. The third kappa shape index (κ3) is 3.45. The summed E-state index contributed by atoms with van der Waals surface area (Å²) in [4.78, 5) is 5.47. The van der Waals surface area contributed by atoms with E-state index in [0.29, 0.717) is 0 Å².